The fourth-order valence-electron chi connectivity index (χ4n) is 3.00. The lowest BCUT2D eigenvalue weighted by Crippen LogP contribution is -2.29. The molecule has 0 bridgehead atoms. The fraction of sp³-hybridized carbons (Fsp3) is 0.316. The molecule has 0 radical (unpaired) electrons. The van der Waals surface area contributed by atoms with E-state index < -0.39 is 0 Å². The number of rotatable bonds is 6. The number of nitrogens with one attached hydrogen (secondary N) is 2. The number of aromatic amines is 1. The topological polar surface area (TPSA) is 84.8 Å². The third-order valence-corrected chi connectivity index (χ3v) is 4.49. The van der Waals surface area contributed by atoms with Crippen LogP contribution in [0.5, 0.6) is 0 Å². The molecule has 0 spiro atoms. The van der Waals surface area contributed by atoms with Gasteiger partial charge in [-0.2, -0.15) is 10.2 Å². The van der Waals surface area contributed by atoms with Crippen molar-refractivity contribution in [3.63, 3.8) is 0 Å². The number of aromatic nitrogens is 4. The van der Waals surface area contributed by atoms with E-state index in [4.69, 9.17) is 4.74 Å². The van der Waals surface area contributed by atoms with E-state index in [0.717, 1.165) is 22.5 Å². The number of nitrogens with zero attached hydrogens (tertiary/aromatic N) is 3. The summed E-state index contributed by atoms with van der Waals surface area (Å²) >= 11 is 0. The molecule has 0 aliphatic rings. The normalized spacial score (nSPS) is 12.2. The van der Waals surface area contributed by atoms with Crippen molar-refractivity contribution in [1.82, 2.24) is 25.3 Å². The van der Waals surface area contributed by atoms with Crippen LogP contribution in [0.2, 0.25) is 0 Å². The largest absolute Gasteiger partial charge is 0.375 e. The summed E-state index contributed by atoms with van der Waals surface area (Å²) in [5.74, 6) is -0.221. The van der Waals surface area contributed by atoms with Gasteiger partial charge in [-0.1, -0.05) is 30.3 Å². The Morgan fingerprint density at radius 1 is 1.31 bits per heavy atom. The van der Waals surface area contributed by atoms with Gasteiger partial charge in [0.2, 0.25) is 0 Å². The van der Waals surface area contributed by atoms with Crippen molar-refractivity contribution in [2.45, 2.75) is 20.0 Å². The zero-order valence-electron chi connectivity index (χ0n) is 15.4. The Kier molecular flexibility index (Phi) is 5.18. The van der Waals surface area contributed by atoms with E-state index in [-0.39, 0.29) is 12.0 Å². The number of aryl methyl sites for hydroxylation is 2. The van der Waals surface area contributed by atoms with Crippen molar-refractivity contribution in [3.8, 4) is 11.3 Å². The second-order valence-corrected chi connectivity index (χ2v) is 6.18. The number of H-pyrrole nitrogens is 1. The molecule has 2 N–H and O–H groups in total. The summed E-state index contributed by atoms with van der Waals surface area (Å²) in [5, 5.41) is 14.4. The Balaban J connectivity index is 1.70. The van der Waals surface area contributed by atoms with Crippen molar-refractivity contribution in [2.75, 3.05) is 13.7 Å². The van der Waals surface area contributed by atoms with Crippen LogP contribution < -0.4 is 5.32 Å². The first-order chi connectivity index (χ1) is 12.5. The van der Waals surface area contributed by atoms with Crippen LogP contribution in [0.15, 0.2) is 36.4 Å². The van der Waals surface area contributed by atoms with Gasteiger partial charge in [0.1, 0.15) is 5.69 Å². The molecule has 0 aliphatic heterocycles. The number of methoxy groups -OCH3 is 1. The van der Waals surface area contributed by atoms with Crippen molar-refractivity contribution in [1.29, 1.82) is 0 Å². The number of amides is 1. The Morgan fingerprint density at radius 3 is 2.65 bits per heavy atom. The van der Waals surface area contributed by atoms with E-state index in [1.165, 1.54) is 0 Å². The molecule has 3 rings (SSSR count). The molecular weight excluding hydrogens is 330 g/mol. The second-order valence-electron chi connectivity index (χ2n) is 6.18. The van der Waals surface area contributed by atoms with Gasteiger partial charge >= 0.3 is 0 Å². The molecule has 2 heterocycles. The van der Waals surface area contributed by atoms with Gasteiger partial charge in [-0.15, -0.1) is 0 Å². The van der Waals surface area contributed by atoms with Crippen molar-refractivity contribution in [3.05, 3.63) is 59.0 Å². The van der Waals surface area contributed by atoms with Crippen molar-refractivity contribution < 1.29 is 9.53 Å². The van der Waals surface area contributed by atoms with Crippen LogP contribution in [-0.2, 0) is 11.8 Å². The molecule has 136 valence electrons. The summed E-state index contributed by atoms with van der Waals surface area (Å²) in [7, 11) is 3.52. The van der Waals surface area contributed by atoms with E-state index >= 15 is 0 Å². The molecule has 0 saturated heterocycles. The van der Waals surface area contributed by atoms with Gasteiger partial charge in [-0.25, -0.2) is 0 Å². The molecule has 0 aliphatic carbocycles. The van der Waals surface area contributed by atoms with Crippen LogP contribution in [0.4, 0.5) is 0 Å². The molecule has 7 nitrogen and oxygen atoms in total. The van der Waals surface area contributed by atoms with E-state index in [2.05, 4.69) is 20.6 Å². The molecule has 1 unspecified atom stereocenters. The Hall–Kier alpha value is -2.93. The van der Waals surface area contributed by atoms with Gasteiger partial charge in [-0.3, -0.25) is 14.6 Å². The maximum atomic E-state index is 12.5. The maximum Gasteiger partial charge on any atom is 0.269 e. The monoisotopic (exact) mass is 353 g/mol. The Morgan fingerprint density at radius 2 is 2.04 bits per heavy atom. The number of hydrogen-bond acceptors (Lipinski definition) is 4. The molecule has 2 aromatic heterocycles. The average molecular weight is 353 g/mol. The molecule has 26 heavy (non-hydrogen) atoms. The number of benzene rings is 1. The van der Waals surface area contributed by atoms with Crippen molar-refractivity contribution >= 4 is 5.91 Å². The first kappa shape index (κ1) is 17.9. The number of ether oxygens (including phenoxy) is 1. The van der Waals surface area contributed by atoms with E-state index in [1.54, 1.807) is 13.2 Å². The summed E-state index contributed by atoms with van der Waals surface area (Å²) in [6.07, 6.45) is -0.203. The van der Waals surface area contributed by atoms with Crippen LogP contribution in [0.1, 0.15) is 33.5 Å². The van der Waals surface area contributed by atoms with Gasteiger partial charge in [0.25, 0.3) is 5.91 Å². The summed E-state index contributed by atoms with van der Waals surface area (Å²) in [4.78, 5) is 12.5. The molecule has 1 aromatic carbocycles. The molecule has 7 heteroatoms. The lowest BCUT2D eigenvalue weighted by molar-refractivity contribution is 0.0824. The number of carbonyl (C=O) groups is 1. The minimum absolute atomic E-state index is 0.203. The van der Waals surface area contributed by atoms with Gasteiger partial charge in [0, 0.05) is 32.0 Å². The molecule has 0 saturated carbocycles. The van der Waals surface area contributed by atoms with Crippen molar-refractivity contribution in [2.24, 2.45) is 7.05 Å². The minimum Gasteiger partial charge on any atom is -0.375 e. The van der Waals surface area contributed by atoms with Crippen LogP contribution in [0, 0.1) is 13.8 Å². The predicted octanol–water partition coefficient (Wildman–Crippen LogP) is 2.54. The van der Waals surface area contributed by atoms with Gasteiger partial charge in [0.15, 0.2) is 0 Å². The Labute approximate surface area is 152 Å². The minimum atomic E-state index is -0.221. The third kappa shape index (κ3) is 3.52. The highest BCUT2D eigenvalue weighted by molar-refractivity contribution is 5.93. The van der Waals surface area contributed by atoms with Gasteiger partial charge in [-0.05, 0) is 25.5 Å². The first-order valence-corrected chi connectivity index (χ1v) is 8.43. The third-order valence-electron chi connectivity index (χ3n) is 4.49. The summed E-state index contributed by atoms with van der Waals surface area (Å²) in [6, 6.07) is 11.5. The number of carbonyl (C=O) groups excluding carboxylic acids is 1. The summed E-state index contributed by atoms with van der Waals surface area (Å²) < 4.78 is 7.29. The summed E-state index contributed by atoms with van der Waals surface area (Å²) in [5.41, 5.74) is 4.97. The lowest BCUT2D eigenvalue weighted by Gasteiger charge is -2.16. The van der Waals surface area contributed by atoms with Gasteiger partial charge in [0.05, 0.1) is 17.5 Å². The highest BCUT2D eigenvalue weighted by Crippen LogP contribution is 2.25. The number of hydrogen-bond donors (Lipinski definition) is 2. The predicted molar refractivity (Wildman–Crippen MR) is 98.8 cm³/mol. The summed E-state index contributed by atoms with van der Waals surface area (Å²) in [6.45, 7) is 4.28. The van der Waals surface area contributed by atoms with Crippen LogP contribution in [0.3, 0.4) is 0 Å². The second kappa shape index (κ2) is 7.53. The lowest BCUT2D eigenvalue weighted by atomic mass is 10.1. The highest BCUT2D eigenvalue weighted by Gasteiger charge is 2.18. The van der Waals surface area contributed by atoms with Crippen LogP contribution in [-0.4, -0.2) is 39.5 Å². The molecule has 3 aromatic rings. The molecule has 0 fully saturated rings. The molecule has 1 amide bonds. The van der Waals surface area contributed by atoms with E-state index in [9.17, 15) is 4.79 Å². The Bertz CT molecular complexity index is 898. The van der Waals surface area contributed by atoms with E-state index in [0.29, 0.717) is 17.9 Å². The first-order valence-electron chi connectivity index (χ1n) is 8.43. The maximum absolute atomic E-state index is 12.5. The zero-order chi connectivity index (χ0) is 18.7. The standard InChI is InChI=1S/C19H23N5O2/c1-12-18(13(2)24(3)23-12)15-10-16(22-21-15)19(25)20-11-17(26-4)14-8-6-5-7-9-14/h5-10,17H,11H2,1-4H3,(H,20,25)(H,21,22). The average Bonchev–Trinajstić information content (AvgIpc) is 3.21. The molecular formula is C19H23N5O2. The van der Waals surface area contributed by atoms with Crippen LogP contribution in [0.25, 0.3) is 11.3 Å². The smallest absolute Gasteiger partial charge is 0.269 e. The van der Waals surface area contributed by atoms with Gasteiger partial charge < -0.3 is 10.1 Å². The quantitative estimate of drug-likeness (QED) is 0.713. The molecule has 1 atom stereocenters. The van der Waals surface area contributed by atoms with Crippen LogP contribution >= 0.6 is 0 Å². The zero-order valence-corrected chi connectivity index (χ0v) is 15.4. The highest BCUT2D eigenvalue weighted by atomic mass is 16.5. The van der Waals surface area contributed by atoms with E-state index in [1.807, 2.05) is 55.9 Å². The SMILES string of the molecule is COC(CNC(=O)c1cc(-c2c(C)nn(C)c2C)n[nH]1)c1ccccc1. The fourth-order valence-corrected chi connectivity index (χ4v) is 3.00.